The van der Waals surface area contributed by atoms with E-state index in [-0.39, 0.29) is 0 Å². The molecular formula is C6H5BrN. The standard InChI is InChI=1S/C6H5BrN/c1-5-4-8-3-2-6(5)7/h2-3H,1H3. The minimum absolute atomic E-state index is 1.05. The summed E-state index contributed by atoms with van der Waals surface area (Å²) in [5, 5.41) is 0. The zero-order valence-electron chi connectivity index (χ0n) is 4.48. The Morgan fingerprint density at radius 2 is 2.50 bits per heavy atom. The van der Waals surface area contributed by atoms with E-state index in [1.54, 1.807) is 6.20 Å². The fourth-order valence-corrected chi connectivity index (χ4v) is 0.622. The lowest BCUT2D eigenvalue weighted by atomic mass is 10.3. The Hall–Kier alpha value is -0.370. The summed E-state index contributed by atoms with van der Waals surface area (Å²) in [5.41, 5.74) is 1.05. The van der Waals surface area contributed by atoms with Crippen LogP contribution in [0.15, 0.2) is 16.7 Å². The molecule has 0 aliphatic rings. The summed E-state index contributed by atoms with van der Waals surface area (Å²) in [5.74, 6) is 0. The smallest absolute Gasteiger partial charge is 0.0929 e. The first-order chi connectivity index (χ1) is 3.80. The van der Waals surface area contributed by atoms with Gasteiger partial charge in [0.1, 0.15) is 0 Å². The molecule has 0 fully saturated rings. The zero-order chi connectivity index (χ0) is 5.98. The Labute approximate surface area is 56.9 Å². The van der Waals surface area contributed by atoms with Crippen LogP contribution in [0.1, 0.15) is 5.56 Å². The lowest BCUT2D eigenvalue weighted by Crippen LogP contribution is -1.75. The van der Waals surface area contributed by atoms with Crippen molar-refractivity contribution >= 4 is 15.9 Å². The second-order valence-corrected chi connectivity index (χ2v) is 2.38. The van der Waals surface area contributed by atoms with Crippen molar-refractivity contribution in [3.05, 3.63) is 28.5 Å². The van der Waals surface area contributed by atoms with E-state index in [9.17, 15) is 0 Å². The molecule has 0 atom stereocenters. The van der Waals surface area contributed by atoms with Crippen LogP contribution in [0.4, 0.5) is 0 Å². The molecule has 2 heteroatoms. The molecule has 0 aliphatic carbocycles. The van der Waals surface area contributed by atoms with Gasteiger partial charge in [0.15, 0.2) is 0 Å². The third-order valence-electron chi connectivity index (χ3n) is 0.886. The van der Waals surface area contributed by atoms with Gasteiger partial charge in [0.2, 0.25) is 0 Å². The van der Waals surface area contributed by atoms with Crippen LogP contribution in [-0.2, 0) is 0 Å². The minimum Gasteiger partial charge on any atom is -0.254 e. The Morgan fingerprint density at radius 1 is 1.75 bits per heavy atom. The van der Waals surface area contributed by atoms with Gasteiger partial charge in [-0.05, 0) is 18.6 Å². The third kappa shape index (κ3) is 1.07. The molecule has 0 aliphatic heterocycles. The first kappa shape index (κ1) is 5.76. The van der Waals surface area contributed by atoms with Crippen molar-refractivity contribution in [2.45, 2.75) is 6.92 Å². The predicted octanol–water partition coefficient (Wildman–Crippen LogP) is 1.95. The number of rotatable bonds is 0. The third-order valence-corrected chi connectivity index (χ3v) is 1.74. The maximum absolute atomic E-state index is 3.79. The van der Waals surface area contributed by atoms with Crippen molar-refractivity contribution in [1.29, 1.82) is 0 Å². The molecule has 1 heterocycles. The molecule has 0 saturated carbocycles. The van der Waals surface area contributed by atoms with Crippen molar-refractivity contribution in [1.82, 2.24) is 4.98 Å². The van der Waals surface area contributed by atoms with Crippen LogP contribution >= 0.6 is 15.9 Å². The molecule has 8 heavy (non-hydrogen) atoms. The van der Waals surface area contributed by atoms with Gasteiger partial charge in [-0.2, -0.15) is 0 Å². The second-order valence-electron chi connectivity index (χ2n) is 1.53. The molecule has 0 unspecified atom stereocenters. The van der Waals surface area contributed by atoms with Crippen LogP contribution in [-0.4, -0.2) is 4.98 Å². The van der Waals surface area contributed by atoms with E-state index in [4.69, 9.17) is 0 Å². The fourth-order valence-electron chi connectivity index (χ4n) is 0.415. The van der Waals surface area contributed by atoms with Gasteiger partial charge in [-0.25, -0.2) is 0 Å². The normalized spacial score (nSPS) is 9.25. The van der Waals surface area contributed by atoms with E-state index in [1.165, 1.54) is 0 Å². The number of halogens is 1. The number of hydrogen-bond donors (Lipinski definition) is 0. The molecule has 1 rings (SSSR count). The van der Waals surface area contributed by atoms with E-state index in [2.05, 4.69) is 27.1 Å². The van der Waals surface area contributed by atoms with Crippen molar-refractivity contribution in [3.63, 3.8) is 0 Å². The number of pyridine rings is 1. The van der Waals surface area contributed by atoms with Gasteiger partial charge in [0, 0.05) is 10.7 Å². The molecule has 0 N–H and O–H groups in total. The number of nitrogens with zero attached hydrogens (tertiary/aromatic N) is 1. The van der Waals surface area contributed by atoms with E-state index in [0.717, 1.165) is 10.0 Å². The molecule has 1 radical (unpaired) electrons. The molecule has 0 spiro atoms. The predicted molar refractivity (Wildman–Crippen MR) is 35.5 cm³/mol. The number of aryl methyl sites for hydroxylation is 1. The monoisotopic (exact) mass is 170 g/mol. The van der Waals surface area contributed by atoms with Crippen molar-refractivity contribution in [2.75, 3.05) is 0 Å². The maximum atomic E-state index is 3.79. The first-order valence-corrected chi connectivity index (χ1v) is 3.09. The molecule has 41 valence electrons. The molecule has 1 aromatic heterocycles. The number of aromatic nitrogens is 1. The number of hydrogen-bond acceptors (Lipinski definition) is 1. The molecular weight excluding hydrogens is 166 g/mol. The van der Waals surface area contributed by atoms with Gasteiger partial charge in [0.25, 0.3) is 0 Å². The van der Waals surface area contributed by atoms with Crippen LogP contribution in [0.2, 0.25) is 0 Å². The van der Waals surface area contributed by atoms with E-state index in [0.29, 0.717) is 0 Å². The molecule has 1 nitrogen and oxygen atoms in total. The Morgan fingerprint density at radius 3 is 2.88 bits per heavy atom. The van der Waals surface area contributed by atoms with E-state index < -0.39 is 0 Å². The summed E-state index contributed by atoms with van der Waals surface area (Å²) in [7, 11) is 0. The van der Waals surface area contributed by atoms with Crippen LogP contribution in [0.25, 0.3) is 0 Å². The second kappa shape index (κ2) is 2.27. The first-order valence-electron chi connectivity index (χ1n) is 2.29. The summed E-state index contributed by atoms with van der Waals surface area (Å²) >= 11 is 3.32. The Bertz CT molecular complexity index is 165. The summed E-state index contributed by atoms with van der Waals surface area (Å²) < 4.78 is 1.06. The van der Waals surface area contributed by atoms with Crippen molar-refractivity contribution in [3.8, 4) is 0 Å². The van der Waals surface area contributed by atoms with Crippen LogP contribution in [0.3, 0.4) is 0 Å². The highest BCUT2D eigenvalue weighted by Gasteiger charge is 1.88. The molecule has 0 amide bonds. The highest BCUT2D eigenvalue weighted by molar-refractivity contribution is 9.10. The van der Waals surface area contributed by atoms with Gasteiger partial charge >= 0.3 is 0 Å². The van der Waals surface area contributed by atoms with E-state index >= 15 is 0 Å². The van der Waals surface area contributed by atoms with Gasteiger partial charge < -0.3 is 0 Å². The quantitative estimate of drug-likeness (QED) is 0.581. The zero-order valence-corrected chi connectivity index (χ0v) is 6.07. The Kier molecular flexibility index (Phi) is 1.63. The molecule has 1 aromatic rings. The molecule has 0 saturated heterocycles. The average molecular weight is 171 g/mol. The van der Waals surface area contributed by atoms with Crippen LogP contribution in [0.5, 0.6) is 0 Å². The van der Waals surface area contributed by atoms with Crippen molar-refractivity contribution in [2.24, 2.45) is 0 Å². The summed E-state index contributed by atoms with van der Waals surface area (Å²) in [6, 6.07) is 1.89. The van der Waals surface area contributed by atoms with Gasteiger partial charge in [-0.1, -0.05) is 15.9 Å². The van der Waals surface area contributed by atoms with Crippen LogP contribution in [0, 0.1) is 13.1 Å². The van der Waals surface area contributed by atoms with Crippen molar-refractivity contribution < 1.29 is 0 Å². The van der Waals surface area contributed by atoms with Crippen LogP contribution < -0.4 is 0 Å². The Balaban J connectivity index is 3.13. The topological polar surface area (TPSA) is 12.9 Å². The lowest BCUT2D eigenvalue weighted by molar-refractivity contribution is 1.23. The summed E-state index contributed by atoms with van der Waals surface area (Å²) in [6.45, 7) is 1.96. The van der Waals surface area contributed by atoms with Gasteiger partial charge in [-0.3, -0.25) is 4.98 Å². The van der Waals surface area contributed by atoms with E-state index in [1.807, 2.05) is 13.0 Å². The highest BCUT2D eigenvalue weighted by atomic mass is 79.9. The van der Waals surface area contributed by atoms with Gasteiger partial charge in [-0.15, -0.1) is 0 Å². The average Bonchev–Trinajstić information content (AvgIpc) is 1.77. The maximum Gasteiger partial charge on any atom is 0.0929 e. The lowest BCUT2D eigenvalue weighted by Gasteiger charge is -1.89. The largest absolute Gasteiger partial charge is 0.254 e. The molecule has 0 aromatic carbocycles. The summed E-state index contributed by atoms with van der Waals surface area (Å²) in [4.78, 5) is 3.79. The highest BCUT2D eigenvalue weighted by Crippen LogP contribution is 2.11. The molecule has 0 bridgehead atoms. The SMILES string of the molecule is Cc1[c]nccc1Br. The summed E-state index contributed by atoms with van der Waals surface area (Å²) in [6.07, 6.45) is 4.51. The fraction of sp³-hybridized carbons (Fsp3) is 0.167. The van der Waals surface area contributed by atoms with Gasteiger partial charge in [0.05, 0.1) is 6.20 Å². The minimum atomic E-state index is 1.05.